The fourth-order valence-corrected chi connectivity index (χ4v) is 4.79. The molecule has 5 atom stereocenters. The van der Waals surface area contributed by atoms with Crippen LogP contribution in [0.25, 0.3) is 10.9 Å². The summed E-state index contributed by atoms with van der Waals surface area (Å²) in [5.74, 6) is 1.75. The summed E-state index contributed by atoms with van der Waals surface area (Å²) >= 11 is 0. The quantitative estimate of drug-likeness (QED) is 0.557. The zero-order chi connectivity index (χ0) is 19.7. The molecular weight excluding hydrogens is 352 g/mol. The molecule has 2 aromatic rings. The smallest absolute Gasteiger partial charge is 0.306 e. The first-order valence-corrected chi connectivity index (χ1v) is 10.1. The third kappa shape index (κ3) is 3.39. The number of carbonyl (C=O) groups excluding carboxylic acids is 1. The molecule has 3 saturated heterocycles. The summed E-state index contributed by atoms with van der Waals surface area (Å²) in [7, 11) is 1.66. The van der Waals surface area contributed by atoms with Gasteiger partial charge in [0.1, 0.15) is 11.9 Å². The predicted molar refractivity (Wildman–Crippen MR) is 109 cm³/mol. The summed E-state index contributed by atoms with van der Waals surface area (Å²) in [5, 5.41) is 0.985. The lowest BCUT2D eigenvalue weighted by molar-refractivity contribution is -0.156. The summed E-state index contributed by atoms with van der Waals surface area (Å²) in [6.07, 6.45) is 6.17. The minimum atomic E-state index is -0.307. The van der Waals surface area contributed by atoms with Crippen LogP contribution in [-0.4, -0.2) is 42.1 Å². The number of rotatable bonds is 6. The summed E-state index contributed by atoms with van der Waals surface area (Å²) < 4.78 is 11.5. The van der Waals surface area contributed by atoms with Gasteiger partial charge in [-0.2, -0.15) is 0 Å². The van der Waals surface area contributed by atoms with E-state index in [1.807, 2.05) is 31.2 Å². The Hall–Kier alpha value is -2.40. The van der Waals surface area contributed by atoms with Crippen LogP contribution in [0.2, 0.25) is 0 Å². The van der Waals surface area contributed by atoms with Crippen LogP contribution in [0, 0.1) is 11.8 Å². The molecule has 0 N–H and O–H groups in total. The van der Waals surface area contributed by atoms with Crippen LogP contribution >= 0.6 is 0 Å². The summed E-state index contributed by atoms with van der Waals surface area (Å²) in [4.78, 5) is 19.3. The minimum Gasteiger partial charge on any atom is -0.497 e. The average Bonchev–Trinajstić information content (AvgIpc) is 2.76. The van der Waals surface area contributed by atoms with E-state index in [1.54, 1.807) is 13.3 Å². The third-order valence-corrected chi connectivity index (χ3v) is 6.34. The number of carbonyl (C=O) groups is 1. The van der Waals surface area contributed by atoms with Gasteiger partial charge in [-0.15, -0.1) is 6.58 Å². The van der Waals surface area contributed by atoms with E-state index in [-0.39, 0.29) is 18.1 Å². The molecule has 0 saturated carbocycles. The van der Waals surface area contributed by atoms with Crippen molar-refractivity contribution in [3.05, 3.63) is 48.7 Å². The van der Waals surface area contributed by atoms with E-state index in [0.29, 0.717) is 18.3 Å². The standard InChI is InChI=1S/C23H28N2O3/c1-4-15-14-25-11-9-16(15)12-21(25)23(28-22(26)5-2)18-8-10-24-20-7-6-17(27-3)13-19(18)20/h4,6-8,10,13,15-16,21,23H,1,5,9,11-12,14H2,2-3H3. The van der Waals surface area contributed by atoms with E-state index >= 15 is 0 Å². The molecular formula is C23H28N2O3. The molecule has 2 bridgehead atoms. The van der Waals surface area contributed by atoms with Crippen molar-refractivity contribution in [2.45, 2.75) is 38.3 Å². The number of esters is 1. The molecule has 3 aliphatic heterocycles. The highest BCUT2D eigenvalue weighted by atomic mass is 16.5. The van der Waals surface area contributed by atoms with Crippen LogP contribution in [0.4, 0.5) is 0 Å². The lowest BCUT2D eigenvalue weighted by Gasteiger charge is -2.51. The van der Waals surface area contributed by atoms with E-state index < -0.39 is 0 Å². The van der Waals surface area contributed by atoms with Crippen LogP contribution in [-0.2, 0) is 9.53 Å². The maximum atomic E-state index is 12.3. The Labute approximate surface area is 166 Å². The Morgan fingerprint density at radius 3 is 2.96 bits per heavy atom. The SMILES string of the molecule is C=CC1CN2CCC1CC2C(OC(=O)CC)c1ccnc2ccc(OC)cc12. The number of methoxy groups -OCH3 is 1. The fraction of sp³-hybridized carbons (Fsp3) is 0.478. The number of hydrogen-bond donors (Lipinski definition) is 0. The molecule has 28 heavy (non-hydrogen) atoms. The van der Waals surface area contributed by atoms with Crippen LogP contribution in [0.3, 0.4) is 0 Å². The second kappa shape index (κ2) is 7.92. The van der Waals surface area contributed by atoms with Gasteiger partial charge in [0.25, 0.3) is 0 Å². The van der Waals surface area contributed by atoms with Crippen molar-refractivity contribution in [3.63, 3.8) is 0 Å². The Morgan fingerprint density at radius 1 is 1.43 bits per heavy atom. The highest BCUT2D eigenvalue weighted by Crippen LogP contribution is 2.43. The summed E-state index contributed by atoms with van der Waals surface area (Å²) in [6.45, 7) is 7.90. The molecule has 3 aliphatic rings. The van der Waals surface area contributed by atoms with Crippen LogP contribution < -0.4 is 4.74 Å². The molecule has 0 spiro atoms. The van der Waals surface area contributed by atoms with Crippen molar-refractivity contribution < 1.29 is 14.3 Å². The van der Waals surface area contributed by atoms with Gasteiger partial charge in [-0.1, -0.05) is 13.0 Å². The Balaban J connectivity index is 1.76. The molecule has 0 radical (unpaired) electrons. The minimum absolute atomic E-state index is 0.166. The Bertz CT molecular complexity index is 881. The van der Waals surface area contributed by atoms with E-state index in [4.69, 9.17) is 9.47 Å². The van der Waals surface area contributed by atoms with Gasteiger partial charge in [-0.25, -0.2) is 0 Å². The van der Waals surface area contributed by atoms with Crippen LogP contribution in [0.1, 0.15) is 37.9 Å². The van der Waals surface area contributed by atoms with E-state index in [2.05, 4.69) is 22.5 Å². The molecule has 0 aliphatic carbocycles. The number of piperidine rings is 3. The van der Waals surface area contributed by atoms with Crippen molar-refractivity contribution in [1.82, 2.24) is 9.88 Å². The average molecular weight is 380 g/mol. The third-order valence-electron chi connectivity index (χ3n) is 6.34. The highest BCUT2D eigenvalue weighted by molar-refractivity contribution is 5.84. The van der Waals surface area contributed by atoms with Crippen molar-refractivity contribution in [3.8, 4) is 5.75 Å². The largest absolute Gasteiger partial charge is 0.497 e. The summed E-state index contributed by atoms with van der Waals surface area (Å²) in [5.41, 5.74) is 1.90. The maximum absolute atomic E-state index is 12.3. The van der Waals surface area contributed by atoms with Gasteiger partial charge in [-0.3, -0.25) is 14.7 Å². The highest BCUT2D eigenvalue weighted by Gasteiger charge is 2.44. The topological polar surface area (TPSA) is 51.7 Å². The van der Waals surface area contributed by atoms with E-state index in [0.717, 1.165) is 41.7 Å². The number of aromatic nitrogens is 1. The number of benzene rings is 1. The van der Waals surface area contributed by atoms with E-state index in [9.17, 15) is 4.79 Å². The Morgan fingerprint density at radius 2 is 2.29 bits per heavy atom. The molecule has 4 heterocycles. The van der Waals surface area contributed by atoms with Gasteiger partial charge in [0.05, 0.1) is 18.7 Å². The molecule has 5 nitrogen and oxygen atoms in total. The lowest BCUT2D eigenvalue weighted by Crippen LogP contribution is -2.55. The van der Waals surface area contributed by atoms with Crippen LogP contribution in [0.5, 0.6) is 5.75 Å². The monoisotopic (exact) mass is 380 g/mol. The van der Waals surface area contributed by atoms with Crippen molar-refractivity contribution in [2.24, 2.45) is 11.8 Å². The fourth-order valence-electron chi connectivity index (χ4n) is 4.79. The van der Waals surface area contributed by atoms with Gasteiger partial charge < -0.3 is 9.47 Å². The second-order valence-corrected chi connectivity index (χ2v) is 7.79. The normalized spacial score (nSPS) is 27.4. The number of hydrogen-bond acceptors (Lipinski definition) is 5. The zero-order valence-electron chi connectivity index (χ0n) is 16.6. The van der Waals surface area contributed by atoms with Crippen molar-refractivity contribution >= 4 is 16.9 Å². The first-order valence-electron chi connectivity index (χ1n) is 10.1. The number of ether oxygens (including phenoxy) is 2. The van der Waals surface area contributed by atoms with E-state index in [1.165, 1.54) is 6.42 Å². The number of nitrogens with zero attached hydrogens (tertiary/aromatic N) is 2. The number of fused-ring (bicyclic) bond motifs is 4. The van der Waals surface area contributed by atoms with Crippen molar-refractivity contribution in [1.29, 1.82) is 0 Å². The van der Waals surface area contributed by atoms with Gasteiger partial charge in [-0.05, 0) is 55.5 Å². The predicted octanol–water partition coefficient (Wildman–Crippen LogP) is 4.13. The molecule has 0 amide bonds. The summed E-state index contributed by atoms with van der Waals surface area (Å²) in [6, 6.07) is 8.03. The molecule has 5 heteroatoms. The molecule has 148 valence electrons. The van der Waals surface area contributed by atoms with Crippen molar-refractivity contribution in [2.75, 3.05) is 20.2 Å². The molecule has 5 unspecified atom stereocenters. The van der Waals surface area contributed by atoms with Crippen LogP contribution in [0.15, 0.2) is 43.1 Å². The molecule has 5 rings (SSSR count). The maximum Gasteiger partial charge on any atom is 0.306 e. The lowest BCUT2D eigenvalue weighted by atomic mass is 9.73. The molecule has 1 aromatic carbocycles. The van der Waals surface area contributed by atoms with Gasteiger partial charge >= 0.3 is 5.97 Å². The Kier molecular flexibility index (Phi) is 5.36. The zero-order valence-corrected chi connectivity index (χ0v) is 16.6. The first kappa shape index (κ1) is 18.9. The number of pyridine rings is 1. The molecule has 1 aromatic heterocycles. The van der Waals surface area contributed by atoms with Gasteiger partial charge in [0.15, 0.2) is 0 Å². The second-order valence-electron chi connectivity index (χ2n) is 7.79. The first-order chi connectivity index (χ1) is 13.6. The van der Waals surface area contributed by atoms with Gasteiger partial charge in [0.2, 0.25) is 0 Å². The molecule has 3 fully saturated rings. The van der Waals surface area contributed by atoms with Gasteiger partial charge in [0, 0.05) is 30.1 Å².